The molecular formula is C21H30IN5OS. The van der Waals surface area contributed by atoms with E-state index in [2.05, 4.69) is 45.3 Å². The summed E-state index contributed by atoms with van der Waals surface area (Å²) in [7, 11) is 1.77. The molecule has 8 heteroatoms. The molecule has 1 aliphatic rings. The quantitative estimate of drug-likeness (QED) is 0.330. The van der Waals surface area contributed by atoms with Gasteiger partial charge in [0.05, 0.1) is 17.2 Å². The minimum Gasteiger partial charge on any atom is -0.352 e. The van der Waals surface area contributed by atoms with Crippen molar-refractivity contribution in [1.29, 1.82) is 0 Å². The van der Waals surface area contributed by atoms with Crippen molar-refractivity contribution in [3.63, 3.8) is 0 Å². The number of aryl methyl sites for hydroxylation is 2. The number of benzene rings is 1. The first-order valence-electron chi connectivity index (χ1n) is 9.90. The number of aromatic nitrogens is 1. The fourth-order valence-corrected chi connectivity index (χ4v) is 4.13. The molecule has 2 aromatic rings. The van der Waals surface area contributed by atoms with Gasteiger partial charge in [0, 0.05) is 44.4 Å². The summed E-state index contributed by atoms with van der Waals surface area (Å²) in [4.78, 5) is 22.8. The molecule has 158 valence electrons. The van der Waals surface area contributed by atoms with Crippen LogP contribution in [0.5, 0.6) is 0 Å². The van der Waals surface area contributed by atoms with E-state index in [-0.39, 0.29) is 35.9 Å². The minimum atomic E-state index is 0. The molecule has 29 heavy (non-hydrogen) atoms. The normalized spacial score (nSPS) is 16.4. The van der Waals surface area contributed by atoms with Crippen LogP contribution in [0.3, 0.4) is 0 Å². The van der Waals surface area contributed by atoms with Crippen LogP contribution in [0, 0.1) is 0 Å². The number of halogens is 1. The third-order valence-electron chi connectivity index (χ3n) is 4.91. The molecule has 1 aromatic carbocycles. The van der Waals surface area contributed by atoms with E-state index in [0.717, 1.165) is 49.0 Å². The number of likely N-dealkylation sites (tertiary alicyclic amines) is 1. The number of nitrogens with zero attached hydrogens (tertiary/aromatic N) is 3. The number of carbonyl (C=O) groups excluding carboxylic acids is 1. The Hall–Kier alpha value is -1.68. The van der Waals surface area contributed by atoms with E-state index in [4.69, 9.17) is 4.98 Å². The maximum absolute atomic E-state index is 11.8. The summed E-state index contributed by atoms with van der Waals surface area (Å²) in [6.07, 6.45) is 3.49. The Morgan fingerprint density at radius 3 is 2.83 bits per heavy atom. The second-order valence-electron chi connectivity index (χ2n) is 6.97. The van der Waals surface area contributed by atoms with Gasteiger partial charge in [-0.25, -0.2) is 4.98 Å². The molecule has 3 rings (SSSR count). The van der Waals surface area contributed by atoms with Crippen molar-refractivity contribution >= 4 is 47.2 Å². The Kier molecular flexibility index (Phi) is 9.86. The molecule has 1 saturated heterocycles. The van der Waals surface area contributed by atoms with Crippen LogP contribution in [0.1, 0.15) is 36.0 Å². The molecule has 0 bridgehead atoms. The van der Waals surface area contributed by atoms with Crippen molar-refractivity contribution in [2.45, 2.75) is 45.2 Å². The SMILES string of the molecule is CCC(=O)N1CCC(NC(=NC)NCc2csc(CCc3ccccc3)n2)C1.I. The third kappa shape index (κ3) is 7.26. The highest BCUT2D eigenvalue weighted by Gasteiger charge is 2.25. The second-order valence-corrected chi connectivity index (χ2v) is 7.91. The van der Waals surface area contributed by atoms with E-state index >= 15 is 0 Å². The molecular weight excluding hydrogens is 497 g/mol. The van der Waals surface area contributed by atoms with Crippen molar-refractivity contribution in [2.24, 2.45) is 4.99 Å². The zero-order valence-corrected chi connectivity index (χ0v) is 20.2. The zero-order chi connectivity index (χ0) is 19.8. The Morgan fingerprint density at radius 2 is 2.10 bits per heavy atom. The topological polar surface area (TPSA) is 69.6 Å². The molecule has 1 fully saturated rings. The van der Waals surface area contributed by atoms with E-state index in [1.165, 1.54) is 5.56 Å². The lowest BCUT2D eigenvalue weighted by Crippen LogP contribution is -2.44. The van der Waals surface area contributed by atoms with Gasteiger partial charge < -0.3 is 15.5 Å². The van der Waals surface area contributed by atoms with E-state index in [1.807, 2.05) is 17.9 Å². The van der Waals surface area contributed by atoms with Crippen LogP contribution in [0.2, 0.25) is 0 Å². The average molecular weight is 527 g/mol. The fraction of sp³-hybridized carbons (Fsp3) is 0.476. The number of guanidine groups is 1. The molecule has 1 aromatic heterocycles. The van der Waals surface area contributed by atoms with E-state index in [0.29, 0.717) is 13.0 Å². The first kappa shape index (κ1) is 23.6. The molecule has 0 spiro atoms. The van der Waals surface area contributed by atoms with Crippen LogP contribution in [0.25, 0.3) is 0 Å². The summed E-state index contributed by atoms with van der Waals surface area (Å²) < 4.78 is 0. The van der Waals surface area contributed by atoms with Crippen molar-refractivity contribution in [3.05, 3.63) is 52.0 Å². The average Bonchev–Trinajstić information content (AvgIpc) is 3.39. The van der Waals surface area contributed by atoms with Gasteiger partial charge >= 0.3 is 0 Å². The van der Waals surface area contributed by atoms with Gasteiger partial charge in [-0.3, -0.25) is 9.79 Å². The minimum absolute atomic E-state index is 0. The monoisotopic (exact) mass is 527 g/mol. The highest BCUT2D eigenvalue weighted by atomic mass is 127. The van der Waals surface area contributed by atoms with Gasteiger partial charge in [-0.05, 0) is 18.4 Å². The van der Waals surface area contributed by atoms with Gasteiger partial charge in [0.15, 0.2) is 5.96 Å². The predicted octanol–water partition coefficient (Wildman–Crippen LogP) is 3.22. The summed E-state index contributed by atoms with van der Waals surface area (Å²) in [5, 5.41) is 10.0. The van der Waals surface area contributed by atoms with Crippen LogP contribution < -0.4 is 10.6 Å². The number of carbonyl (C=O) groups is 1. The van der Waals surface area contributed by atoms with E-state index in [9.17, 15) is 4.79 Å². The van der Waals surface area contributed by atoms with Crippen LogP contribution >= 0.6 is 35.3 Å². The Bertz CT molecular complexity index is 795. The molecule has 1 aliphatic heterocycles. The third-order valence-corrected chi connectivity index (χ3v) is 5.87. The molecule has 6 nitrogen and oxygen atoms in total. The first-order valence-corrected chi connectivity index (χ1v) is 10.8. The standard InChI is InChI=1S/C21H29N5OS.HI/c1-3-20(27)26-12-11-17(14-26)25-21(22-2)23-13-18-15-28-19(24-18)10-9-16-7-5-4-6-8-16;/h4-8,15,17H,3,9-14H2,1-2H3,(H2,22,23,25);1H. The Balaban J connectivity index is 0.00000300. The fourth-order valence-electron chi connectivity index (χ4n) is 3.33. The molecule has 1 atom stereocenters. The second kappa shape index (κ2) is 12.1. The van der Waals surface area contributed by atoms with Crippen LogP contribution in [-0.4, -0.2) is 47.9 Å². The van der Waals surface area contributed by atoms with Crippen LogP contribution in [0.15, 0.2) is 40.7 Å². The van der Waals surface area contributed by atoms with Crippen molar-refractivity contribution in [2.75, 3.05) is 20.1 Å². The Morgan fingerprint density at radius 1 is 1.31 bits per heavy atom. The van der Waals surface area contributed by atoms with Crippen LogP contribution in [-0.2, 0) is 24.2 Å². The van der Waals surface area contributed by atoms with Gasteiger partial charge in [-0.1, -0.05) is 37.3 Å². The number of amides is 1. The smallest absolute Gasteiger partial charge is 0.222 e. The number of thiazole rings is 1. The van der Waals surface area contributed by atoms with Gasteiger partial charge in [-0.2, -0.15) is 0 Å². The van der Waals surface area contributed by atoms with Crippen molar-refractivity contribution in [3.8, 4) is 0 Å². The van der Waals surface area contributed by atoms with Gasteiger partial charge in [0.1, 0.15) is 0 Å². The largest absolute Gasteiger partial charge is 0.352 e. The van der Waals surface area contributed by atoms with E-state index < -0.39 is 0 Å². The maximum Gasteiger partial charge on any atom is 0.222 e. The lowest BCUT2D eigenvalue weighted by Gasteiger charge is -2.18. The highest BCUT2D eigenvalue weighted by molar-refractivity contribution is 14.0. The number of hydrogen-bond acceptors (Lipinski definition) is 4. The number of nitrogens with one attached hydrogen (secondary N) is 2. The molecule has 0 radical (unpaired) electrons. The first-order chi connectivity index (χ1) is 13.7. The number of aliphatic imine (C=N–C) groups is 1. The summed E-state index contributed by atoms with van der Waals surface area (Å²) in [6.45, 7) is 4.11. The summed E-state index contributed by atoms with van der Waals surface area (Å²) in [5.74, 6) is 0.979. The predicted molar refractivity (Wildman–Crippen MR) is 130 cm³/mol. The van der Waals surface area contributed by atoms with Crippen molar-refractivity contribution < 1.29 is 4.79 Å². The summed E-state index contributed by atoms with van der Waals surface area (Å²) in [5.41, 5.74) is 2.37. The van der Waals surface area contributed by atoms with Gasteiger partial charge in [-0.15, -0.1) is 35.3 Å². The lowest BCUT2D eigenvalue weighted by atomic mass is 10.1. The van der Waals surface area contributed by atoms with Crippen LogP contribution in [0.4, 0.5) is 0 Å². The maximum atomic E-state index is 11.8. The molecule has 2 heterocycles. The summed E-state index contributed by atoms with van der Waals surface area (Å²) >= 11 is 1.71. The summed E-state index contributed by atoms with van der Waals surface area (Å²) in [6, 6.07) is 10.8. The molecule has 1 amide bonds. The van der Waals surface area contributed by atoms with Gasteiger partial charge in [0.2, 0.25) is 5.91 Å². The lowest BCUT2D eigenvalue weighted by molar-refractivity contribution is -0.129. The van der Waals surface area contributed by atoms with Gasteiger partial charge in [0.25, 0.3) is 0 Å². The molecule has 0 aliphatic carbocycles. The highest BCUT2D eigenvalue weighted by Crippen LogP contribution is 2.13. The van der Waals surface area contributed by atoms with E-state index in [1.54, 1.807) is 18.4 Å². The zero-order valence-electron chi connectivity index (χ0n) is 17.1. The molecule has 0 saturated carbocycles. The molecule has 1 unspecified atom stereocenters. The number of hydrogen-bond donors (Lipinski definition) is 2. The number of rotatable bonds is 7. The van der Waals surface area contributed by atoms with Crippen molar-refractivity contribution in [1.82, 2.24) is 20.5 Å². The molecule has 2 N–H and O–H groups in total. The Labute approximate surface area is 194 Å².